The van der Waals surface area contributed by atoms with E-state index in [1.807, 2.05) is 22.7 Å². The van der Waals surface area contributed by atoms with Gasteiger partial charge in [-0.1, -0.05) is 5.21 Å². The van der Waals surface area contributed by atoms with Crippen molar-refractivity contribution in [2.45, 2.75) is 38.8 Å². The zero-order valence-corrected chi connectivity index (χ0v) is 12.1. The molecule has 108 valence electrons. The van der Waals surface area contributed by atoms with Crippen LogP contribution in [0.3, 0.4) is 0 Å². The predicted octanol–water partition coefficient (Wildman–Crippen LogP) is 0.676. The number of carbonyl (C=O) groups excluding carboxylic acids is 1. The van der Waals surface area contributed by atoms with Gasteiger partial charge < -0.3 is 10.6 Å². The highest BCUT2D eigenvalue weighted by Crippen LogP contribution is 2.18. The Kier molecular flexibility index (Phi) is 6.24. The number of halogens is 1. The van der Waals surface area contributed by atoms with E-state index in [4.69, 9.17) is 5.73 Å². The average Bonchev–Trinajstić information content (AvgIpc) is 2.81. The fourth-order valence-corrected chi connectivity index (χ4v) is 2.44. The molecule has 0 aliphatic carbocycles. The molecule has 2 unspecified atom stereocenters. The number of nitrogens with zero attached hydrogens (tertiary/aromatic N) is 4. The minimum absolute atomic E-state index is 0. The van der Waals surface area contributed by atoms with Gasteiger partial charge in [-0.05, 0) is 25.7 Å². The summed E-state index contributed by atoms with van der Waals surface area (Å²) in [6.07, 6.45) is 6.19. The van der Waals surface area contributed by atoms with E-state index < -0.39 is 0 Å². The first-order valence-electron chi connectivity index (χ1n) is 6.52. The third-order valence-corrected chi connectivity index (χ3v) is 3.29. The van der Waals surface area contributed by atoms with Gasteiger partial charge in [0.2, 0.25) is 5.91 Å². The van der Waals surface area contributed by atoms with E-state index in [2.05, 4.69) is 10.3 Å². The zero-order chi connectivity index (χ0) is 13.0. The van der Waals surface area contributed by atoms with E-state index in [0.29, 0.717) is 12.3 Å². The van der Waals surface area contributed by atoms with Gasteiger partial charge in [0.15, 0.2) is 0 Å². The molecule has 6 nitrogen and oxygen atoms in total. The van der Waals surface area contributed by atoms with Gasteiger partial charge in [-0.15, -0.1) is 17.5 Å². The van der Waals surface area contributed by atoms with Gasteiger partial charge in [-0.25, -0.2) is 0 Å². The third kappa shape index (κ3) is 4.80. The van der Waals surface area contributed by atoms with Crippen molar-refractivity contribution in [3.8, 4) is 0 Å². The highest BCUT2D eigenvalue weighted by Gasteiger charge is 2.24. The van der Waals surface area contributed by atoms with Crippen LogP contribution in [0.4, 0.5) is 0 Å². The Morgan fingerprint density at radius 1 is 1.58 bits per heavy atom. The lowest BCUT2D eigenvalue weighted by atomic mass is 9.97. The van der Waals surface area contributed by atoms with Crippen LogP contribution in [0.2, 0.25) is 0 Å². The number of hydrogen-bond acceptors (Lipinski definition) is 4. The first-order valence-corrected chi connectivity index (χ1v) is 6.52. The smallest absolute Gasteiger partial charge is 0.224 e. The zero-order valence-electron chi connectivity index (χ0n) is 11.2. The van der Waals surface area contributed by atoms with E-state index in [1.165, 1.54) is 0 Å². The molecule has 2 N–H and O–H groups in total. The molecule has 1 aromatic rings. The number of rotatable bonds is 4. The molecule has 19 heavy (non-hydrogen) atoms. The number of aromatic nitrogens is 3. The summed E-state index contributed by atoms with van der Waals surface area (Å²) in [4.78, 5) is 13.9. The topological polar surface area (TPSA) is 77.0 Å². The average molecular weight is 288 g/mol. The molecule has 0 spiro atoms. The van der Waals surface area contributed by atoms with E-state index in [0.717, 1.165) is 32.5 Å². The van der Waals surface area contributed by atoms with Gasteiger partial charge in [-0.3, -0.25) is 9.48 Å². The molecule has 2 rings (SSSR count). The van der Waals surface area contributed by atoms with E-state index in [9.17, 15) is 4.79 Å². The summed E-state index contributed by atoms with van der Waals surface area (Å²) in [6.45, 7) is 4.38. The minimum atomic E-state index is -0.0619. The Morgan fingerprint density at radius 3 is 3.00 bits per heavy atom. The second-order valence-electron chi connectivity index (χ2n) is 5.15. The van der Waals surface area contributed by atoms with Crippen molar-refractivity contribution < 1.29 is 4.79 Å². The Balaban J connectivity index is 0.00000180. The molecule has 1 aliphatic rings. The monoisotopic (exact) mass is 287 g/mol. The van der Waals surface area contributed by atoms with Gasteiger partial charge in [-0.2, -0.15) is 0 Å². The molecule has 1 aliphatic heterocycles. The molecule has 1 aromatic heterocycles. The summed E-state index contributed by atoms with van der Waals surface area (Å²) in [5.41, 5.74) is 5.67. The summed E-state index contributed by atoms with van der Waals surface area (Å²) in [6, 6.07) is -0.0619. The highest BCUT2D eigenvalue weighted by molar-refractivity contribution is 5.85. The van der Waals surface area contributed by atoms with Crippen LogP contribution < -0.4 is 5.73 Å². The number of carbonyl (C=O) groups is 1. The van der Waals surface area contributed by atoms with E-state index >= 15 is 0 Å². The van der Waals surface area contributed by atoms with Gasteiger partial charge >= 0.3 is 0 Å². The number of piperidine rings is 1. The first kappa shape index (κ1) is 15.9. The number of nitrogens with two attached hydrogens (primary N) is 1. The first-order chi connectivity index (χ1) is 8.65. The Bertz CT molecular complexity index is 381. The van der Waals surface area contributed by atoms with Crippen molar-refractivity contribution in [3.63, 3.8) is 0 Å². The van der Waals surface area contributed by atoms with Crippen molar-refractivity contribution in [2.24, 2.45) is 11.7 Å². The van der Waals surface area contributed by atoms with Gasteiger partial charge in [0.25, 0.3) is 0 Å². The normalized spacial score (nSPS) is 20.7. The van der Waals surface area contributed by atoms with Crippen molar-refractivity contribution >= 4 is 18.3 Å². The van der Waals surface area contributed by atoms with Crippen LogP contribution in [0.25, 0.3) is 0 Å². The quantitative estimate of drug-likeness (QED) is 0.883. The summed E-state index contributed by atoms with van der Waals surface area (Å²) >= 11 is 0. The van der Waals surface area contributed by atoms with Crippen LogP contribution in [0, 0.1) is 5.92 Å². The molecular weight excluding hydrogens is 266 g/mol. The Morgan fingerprint density at radius 2 is 2.37 bits per heavy atom. The largest absolute Gasteiger partial charge is 0.342 e. The SMILES string of the molecule is CC(N)CC(=O)N1CCCC(Cn2ccnn2)C1.Cl. The van der Waals surface area contributed by atoms with Crippen molar-refractivity contribution in [1.82, 2.24) is 19.9 Å². The van der Waals surface area contributed by atoms with Gasteiger partial charge in [0, 0.05) is 38.3 Å². The molecule has 0 saturated carbocycles. The Labute approximate surface area is 119 Å². The van der Waals surface area contributed by atoms with Crippen LogP contribution in [0.15, 0.2) is 12.4 Å². The highest BCUT2D eigenvalue weighted by atomic mass is 35.5. The van der Waals surface area contributed by atoms with Gasteiger partial charge in [0.05, 0.1) is 6.20 Å². The Hall–Kier alpha value is -1.14. The molecule has 0 bridgehead atoms. The summed E-state index contributed by atoms with van der Waals surface area (Å²) in [7, 11) is 0. The molecule has 0 radical (unpaired) electrons. The maximum absolute atomic E-state index is 12.0. The molecule has 1 fully saturated rings. The lowest BCUT2D eigenvalue weighted by molar-refractivity contribution is -0.133. The molecule has 1 saturated heterocycles. The van der Waals surface area contributed by atoms with E-state index in [-0.39, 0.29) is 24.4 Å². The molecule has 1 amide bonds. The predicted molar refractivity (Wildman–Crippen MR) is 74.8 cm³/mol. The summed E-state index contributed by atoms with van der Waals surface area (Å²) in [5, 5.41) is 7.77. The number of likely N-dealkylation sites (tertiary alicyclic amines) is 1. The maximum Gasteiger partial charge on any atom is 0.224 e. The van der Waals surface area contributed by atoms with Crippen molar-refractivity contribution in [3.05, 3.63) is 12.4 Å². The van der Waals surface area contributed by atoms with Crippen LogP contribution >= 0.6 is 12.4 Å². The number of amides is 1. The van der Waals surface area contributed by atoms with Crippen LogP contribution in [-0.2, 0) is 11.3 Å². The van der Waals surface area contributed by atoms with Crippen LogP contribution in [-0.4, -0.2) is 44.9 Å². The van der Waals surface area contributed by atoms with Crippen LogP contribution in [0.1, 0.15) is 26.2 Å². The van der Waals surface area contributed by atoms with Crippen molar-refractivity contribution in [1.29, 1.82) is 0 Å². The lowest BCUT2D eigenvalue weighted by Crippen LogP contribution is -2.42. The minimum Gasteiger partial charge on any atom is -0.342 e. The van der Waals surface area contributed by atoms with Crippen molar-refractivity contribution in [2.75, 3.05) is 13.1 Å². The fraction of sp³-hybridized carbons (Fsp3) is 0.750. The second kappa shape index (κ2) is 7.45. The summed E-state index contributed by atoms with van der Waals surface area (Å²) in [5.74, 6) is 0.644. The number of hydrogen-bond donors (Lipinski definition) is 1. The molecular formula is C12H22ClN5O. The fourth-order valence-electron chi connectivity index (χ4n) is 2.44. The van der Waals surface area contributed by atoms with E-state index in [1.54, 1.807) is 6.20 Å². The maximum atomic E-state index is 12.0. The van der Waals surface area contributed by atoms with Crippen LogP contribution in [0.5, 0.6) is 0 Å². The third-order valence-electron chi connectivity index (χ3n) is 3.29. The molecule has 7 heteroatoms. The standard InChI is InChI=1S/C12H21N5O.ClH/c1-10(13)7-12(18)16-5-2-3-11(8-16)9-17-6-4-14-15-17;/h4,6,10-11H,2-3,5,7-9,13H2,1H3;1H. The molecule has 2 atom stereocenters. The second-order valence-corrected chi connectivity index (χ2v) is 5.15. The lowest BCUT2D eigenvalue weighted by Gasteiger charge is -2.33. The molecule has 2 heterocycles. The summed E-state index contributed by atoms with van der Waals surface area (Å²) < 4.78 is 1.84. The molecule has 0 aromatic carbocycles. The van der Waals surface area contributed by atoms with Gasteiger partial charge in [0.1, 0.15) is 0 Å².